The predicted octanol–water partition coefficient (Wildman–Crippen LogP) is 2.70. The van der Waals surface area contributed by atoms with Gasteiger partial charge in [0.05, 0.1) is 6.42 Å². The summed E-state index contributed by atoms with van der Waals surface area (Å²) in [5.41, 5.74) is 2.30. The normalized spacial score (nSPS) is 10.5. The van der Waals surface area contributed by atoms with Crippen LogP contribution in [0.15, 0.2) is 24.3 Å². The average molecular weight is 219 g/mol. The van der Waals surface area contributed by atoms with E-state index in [0.717, 1.165) is 18.5 Å². The summed E-state index contributed by atoms with van der Waals surface area (Å²) in [6, 6.07) is 8.10. The van der Waals surface area contributed by atoms with Crippen molar-refractivity contribution in [3.8, 4) is 0 Å². The molecule has 0 aliphatic carbocycles. The molecule has 0 fully saturated rings. The largest absolute Gasteiger partial charge is 0.356 e. The average Bonchev–Trinajstić information content (AvgIpc) is 2.21. The second-order valence-electron chi connectivity index (χ2n) is 4.69. The number of rotatable bonds is 5. The first-order valence-corrected chi connectivity index (χ1v) is 5.90. The van der Waals surface area contributed by atoms with Gasteiger partial charge in [0.2, 0.25) is 5.91 Å². The molecular weight excluding hydrogens is 198 g/mol. The van der Waals surface area contributed by atoms with Gasteiger partial charge in [0.1, 0.15) is 0 Å². The van der Waals surface area contributed by atoms with Crippen LogP contribution in [0.5, 0.6) is 0 Å². The Hall–Kier alpha value is -1.31. The van der Waals surface area contributed by atoms with Gasteiger partial charge in [-0.2, -0.15) is 0 Å². The Kier molecular flexibility index (Phi) is 5.03. The van der Waals surface area contributed by atoms with E-state index in [1.165, 1.54) is 5.56 Å². The van der Waals surface area contributed by atoms with Crippen molar-refractivity contribution in [3.05, 3.63) is 35.4 Å². The fourth-order valence-corrected chi connectivity index (χ4v) is 1.45. The Morgan fingerprint density at radius 2 is 1.88 bits per heavy atom. The molecule has 1 rings (SSSR count). The van der Waals surface area contributed by atoms with E-state index >= 15 is 0 Å². The number of carbonyl (C=O) groups is 1. The predicted molar refractivity (Wildman–Crippen MR) is 67.3 cm³/mol. The van der Waals surface area contributed by atoms with Gasteiger partial charge in [-0.05, 0) is 24.8 Å². The van der Waals surface area contributed by atoms with E-state index in [0.29, 0.717) is 12.3 Å². The quantitative estimate of drug-likeness (QED) is 0.810. The molecule has 2 nitrogen and oxygen atoms in total. The number of amides is 1. The first-order chi connectivity index (χ1) is 7.58. The first kappa shape index (κ1) is 12.8. The molecule has 1 aromatic carbocycles. The van der Waals surface area contributed by atoms with Crippen molar-refractivity contribution < 1.29 is 4.79 Å². The highest BCUT2D eigenvalue weighted by atomic mass is 16.1. The van der Waals surface area contributed by atoms with Crippen molar-refractivity contribution >= 4 is 5.91 Å². The molecule has 0 heterocycles. The molecule has 2 heteroatoms. The minimum atomic E-state index is 0.115. The standard InChI is InChI=1S/C14H21NO/c1-11(2)8-9-15-14(16)10-13-6-4-12(3)5-7-13/h4-7,11H,8-10H2,1-3H3,(H,15,16). The van der Waals surface area contributed by atoms with E-state index in [4.69, 9.17) is 0 Å². The zero-order chi connectivity index (χ0) is 12.0. The van der Waals surface area contributed by atoms with Crippen molar-refractivity contribution in [3.63, 3.8) is 0 Å². The van der Waals surface area contributed by atoms with E-state index in [1.807, 2.05) is 31.2 Å². The molecule has 0 saturated heterocycles. The van der Waals surface area contributed by atoms with Crippen LogP contribution in [0.3, 0.4) is 0 Å². The smallest absolute Gasteiger partial charge is 0.224 e. The minimum absolute atomic E-state index is 0.115. The van der Waals surface area contributed by atoms with Gasteiger partial charge < -0.3 is 5.32 Å². The van der Waals surface area contributed by atoms with Gasteiger partial charge in [-0.25, -0.2) is 0 Å². The summed E-state index contributed by atoms with van der Waals surface area (Å²) in [5, 5.41) is 2.94. The maximum absolute atomic E-state index is 11.6. The van der Waals surface area contributed by atoms with E-state index < -0.39 is 0 Å². The second-order valence-corrected chi connectivity index (χ2v) is 4.69. The summed E-state index contributed by atoms with van der Waals surface area (Å²) < 4.78 is 0. The molecule has 88 valence electrons. The van der Waals surface area contributed by atoms with Crippen LogP contribution in [0.1, 0.15) is 31.4 Å². The highest BCUT2D eigenvalue weighted by Crippen LogP contribution is 2.04. The number of aryl methyl sites for hydroxylation is 1. The third-order valence-electron chi connectivity index (χ3n) is 2.53. The molecule has 0 unspecified atom stereocenters. The summed E-state index contributed by atoms with van der Waals surface area (Å²) in [4.78, 5) is 11.6. The van der Waals surface area contributed by atoms with Crippen LogP contribution < -0.4 is 5.32 Å². The van der Waals surface area contributed by atoms with Gasteiger partial charge >= 0.3 is 0 Å². The van der Waals surface area contributed by atoms with Crippen molar-refractivity contribution in [1.29, 1.82) is 0 Å². The minimum Gasteiger partial charge on any atom is -0.356 e. The third-order valence-corrected chi connectivity index (χ3v) is 2.53. The van der Waals surface area contributed by atoms with E-state index in [-0.39, 0.29) is 5.91 Å². The number of benzene rings is 1. The molecule has 1 aromatic rings. The lowest BCUT2D eigenvalue weighted by Gasteiger charge is -2.07. The van der Waals surface area contributed by atoms with Crippen molar-refractivity contribution in [2.45, 2.75) is 33.6 Å². The summed E-state index contributed by atoms with van der Waals surface area (Å²) in [5.74, 6) is 0.754. The van der Waals surface area contributed by atoms with Gasteiger partial charge in [0.25, 0.3) is 0 Å². The van der Waals surface area contributed by atoms with Crippen LogP contribution in [0, 0.1) is 12.8 Å². The monoisotopic (exact) mass is 219 g/mol. The lowest BCUT2D eigenvalue weighted by molar-refractivity contribution is -0.120. The zero-order valence-electron chi connectivity index (χ0n) is 10.4. The van der Waals surface area contributed by atoms with E-state index in [2.05, 4.69) is 19.2 Å². The topological polar surface area (TPSA) is 29.1 Å². The van der Waals surface area contributed by atoms with E-state index in [9.17, 15) is 4.79 Å². The van der Waals surface area contributed by atoms with Gasteiger partial charge in [-0.15, -0.1) is 0 Å². The van der Waals surface area contributed by atoms with Crippen molar-refractivity contribution in [2.75, 3.05) is 6.54 Å². The fraction of sp³-hybridized carbons (Fsp3) is 0.500. The number of nitrogens with one attached hydrogen (secondary N) is 1. The third kappa shape index (κ3) is 4.96. The highest BCUT2D eigenvalue weighted by Gasteiger charge is 2.02. The van der Waals surface area contributed by atoms with Crippen molar-refractivity contribution in [1.82, 2.24) is 5.32 Å². The van der Waals surface area contributed by atoms with E-state index in [1.54, 1.807) is 0 Å². The number of hydrogen-bond donors (Lipinski definition) is 1. The van der Waals surface area contributed by atoms with Crippen molar-refractivity contribution in [2.24, 2.45) is 5.92 Å². The number of hydrogen-bond acceptors (Lipinski definition) is 1. The molecule has 1 amide bonds. The first-order valence-electron chi connectivity index (χ1n) is 5.90. The SMILES string of the molecule is Cc1ccc(CC(=O)NCCC(C)C)cc1. The van der Waals surface area contributed by atoms with Crippen LogP contribution in [-0.2, 0) is 11.2 Å². The molecule has 0 spiro atoms. The zero-order valence-corrected chi connectivity index (χ0v) is 10.4. The van der Waals surface area contributed by atoms with Crippen LogP contribution >= 0.6 is 0 Å². The summed E-state index contributed by atoms with van der Waals surface area (Å²) in [6.45, 7) is 7.15. The van der Waals surface area contributed by atoms with Crippen LogP contribution in [0.4, 0.5) is 0 Å². The Balaban J connectivity index is 2.31. The summed E-state index contributed by atoms with van der Waals surface area (Å²) in [6.07, 6.45) is 1.53. The molecule has 0 aromatic heterocycles. The molecule has 0 aliphatic rings. The van der Waals surface area contributed by atoms with Gasteiger partial charge in [0.15, 0.2) is 0 Å². The molecule has 1 N–H and O–H groups in total. The maximum atomic E-state index is 11.6. The molecular formula is C14H21NO. The molecule has 0 atom stereocenters. The molecule has 0 radical (unpaired) electrons. The van der Waals surface area contributed by atoms with Crippen LogP contribution in [0.2, 0.25) is 0 Å². The molecule has 16 heavy (non-hydrogen) atoms. The Morgan fingerprint density at radius 3 is 2.44 bits per heavy atom. The Morgan fingerprint density at radius 1 is 1.25 bits per heavy atom. The van der Waals surface area contributed by atoms with Gasteiger partial charge in [-0.1, -0.05) is 43.7 Å². The fourth-order valence-electron chi connectivity index (χ4n) is 1.45. The lowest BCUT2D eigenvalue weighted by atomic mass is 10.1. The summed E-state index contributed by atoms with van der Waals surface area (Å²) >= 11 is 0. The molecule has 0 saturated carbocycles. The number of carbonyl (C=O) groups excluding carboxylic acids is 1. The summed E-state index contributed by atoms with van der Waals surface area (Å²) in [7, 11) is 0. The van der Waals surface area contributed by atoms with Crippen LogP contribution in [-0.4, -0.2) is 12.5 Å². The Labute approximate surface area is 98.1 Å². The van der Waals surface area contributed by atoms with Gasteiger partial charge in [0, 0.05) is 6.54 Å². The van der Waals surface area contributed by atoms with Crippen LogP contribution in [0.25, 0.3) is 0 Å². The lowest BCUT2D eigenvalue weighted by Crippen LogP contribution is -2.26. The molecule has 0 bridgehead atoms. The Bertz CT molecular complexity index is 327. The van der Waals surface area contributed by atoms with Gasteiger partial charge in [-0.3, -0.25) is 4.79 Å². The second kappa shape index (κ2) is 6.31. The highest BCUT2D eigenvalue weighted by molar-refractivity contribution is 5.78. The maximum Gasteiger partial charge on any atom is 0.224 e. The molecule has 0 aliphatic heterocycles.